The maximum atomic E-state index is 11.1. The Morgan fingerprint density at radius 2 is 1.06 bits per heavy atom. The highest BCUT2D eigenvalue weighted by Gasteiger charge is 2.51. The van der Waals surface area contributed by atoms with Gasteiger partial charge < -0.3 is 28.8 Å². The van der Waals surface area contributed by atoms with E-state index in [0.717, 1.165) is 37.9 Å². The summed E-state index contributed by atoms with van der Waals surface area (Å²) in [4.78, 5) is 0. The molecule has 1 heterocycles. The minimum Gasteiger partial charge on any atom is -0.396 e. The van der Waals surface area contributed by atoms with Crippen molar-refractivity contribution in [2.45, 2.75) is 69.8 Å². The lowest BCUT2D eigenvalue weighted by atomic mass is 9.82. The number of aryl methyl sites for hydroxylation is 1. The number of aliphatic hydroxyl groups excluding tert-OH is 1. The molecule has 1 aliphatic rings. The standard InChI is InChI=1S/C43H45BrO6/c1-31-24-36(44)22-23-37(31)38(25-45)40-42(48-28-34-18-10-4-11-19-34)43(49-29-35-20-12-5-13-21-35)41(47-27-33-16-8-3-9-17-33)39(50-40)30-46-26-32-14-6-2-7-15-32/h2-24,38-43,45H,25-30H2,1H3/t38-,39-,40-,41-,42-,43+/m1/s1. The van der Waals surface area contributed by atoms with Gasteiger partial charge in [-0.3, -0.25) is 0 Å². The van der Waals surface area contributed by atoms with Crippen LogP contribution in [0.3, 0.4) is 0 Å². The minimum absolute atomic E-state index is 0.142. The molecule has 7 heteroatoms. The summed E-state index contributed by atoms with van der Waals surface area (Å²) < 4.78 is 35.0. The van der Waals surface area contributed by atoms with E-state index >= 15 is 0 Å². The monoisotopic (exact) mass is 736 g/mol. The van der Waals surface area contributed by atoms with Gasteiger partial charge in [0.15, 0.2) is 0 Å². The van der Waals surface area contributed by atoms with E-state index in [1.807, 2.05) is 103 Å². The Balaban J connectivity index is 1.38. The molecule has 260 valence electrons. The fraction of sp³-hybridized carbons (Fsp3) is 0.302. The highest BCUT2D eigenvalue weighted by atomic mass is 79.9. The van der Waals surface area contributed by atoms with Crippen molar-refractivity contribution >= 4 is 15.9 Å². The Morgan fingerprint density at radius 1 is 0.600 bits per heavy atom. The van der Waals surface area contributed by atoms with Gasteiger partial charge in [-0.05, 0) is 52.4 Å². The van der Waals surface area contributed by atoms with Crippen LogP contribution >= 0.6 is 15.9 Å². The van der Waals surface area contributed by atoms with Crippen LogP contribution in [0, 0.1) is 6.92 Å². The van der Waals surface area contributed by atoms with Crippen molar-refractivity contribution in [3.05, 3.63) is 177 Å². The Kier molecular flexibility index (Phi) is 13.4. The third-order valence-corrected chi connectivity index (χ3v) is 9.64. The predicted molar refractivity (Wildman–Crippen MR) is 199 cm³/mol. The third-order valence-electron chi connectivity index (χ3n) is 9.14. The van der Waals surface area contributed by atoms with Crippen LogP contribution in [-0.4, -0.2) is 48.8 Å². The van der Waals surface area contributed by atoms with Crippen molar-refractivity contribution in [3.8, 4) is 0 Å². The molecule has 0 aromatic heterocycles. The van der Waals surface area contributed by atoms with Gasteiger partial charge in [0.1, 0.15) is 24.4 Å². The molecule has 1 fully saturated rings. The first-order valence-electron chi connectivity index (χ1n) is 17.2. The summed E-state index contributed by atoms with van der Waals surface area (Å²) in [7, 11) is 0. The van der Waals surface area contributed by atoms with Gasteiger partial charge in [-0.15, -0.1) is 0 Å². The Hall–Kier alpha value is -3.66. The number of hydrogen-bond acceptors (Lipinski definition) is 6. The molecule has 5 aromatic rings. The van der Waals surface area contributed by atoms with Crippen molar-refractivity contribution in [1.82, 2.24) is 0 Å². The zero-order valence-electron chi connectivity index (χ0n) is 28.4. The van der Waals surface area contributed by atoms with E-state index in [1.165, 1.54) is 0 Å². The zero-order valence-corrected chi connectivity index (χ0v) is 29.9. The van der Waals surface area contributed by atoms with Crippen LogP contribution in [0.4, 0.5) is 0 Å². The van der Waals surface area contributed by atoms with Crippen LogP contribution in [0.25, 0.3) is 0 Å². The van der Waals surface area contributed by atoms with Gasteiger partial charge >= 0.3 is 0 Å². The lowest BCUT2D eigenvalue weighted by Crippen LogP contribution is -2.62. The lowest BCUT2D eigenvalue weighted by molar-refractivity contribution is -0.277. The number of aliphatic hydroxyl groups is 1. The zero-order chi connectivity index (χ0) is 34.5. The Labute approximate surface area is 304 Å². The fourth-order valence-corrected chi connectivity index (χ4v) is 7.06. The highest BCUT2D eigenvalue weighted by Crippen LogP contribution is 2.38. The van der Waals surface area contributed by atoms with Crippen LogP contribution in [0.5, 0.6) is 0 Å². The van der Waals surface area contributed by atoms with E-state index in [4.69, 9.17) is 23.7 Å². The molecule has 0 amide bonds. The molecule has 6 atom stereocenters. The summed E-state index contributed by atoms with van der Waals surface area (Å²) in [5, 5.41) is 11.1. The number of halogens is 1. The molecular weight excluding hydrogens is 692 g/mol. The molecule has 1 saturated heterocycles. The second kappa shape index (κ2) is 18.5. The molecule has 0 unspecified atom stereocenters. The average molecular weight is 738 g/mol. The fourth-order valence-electron chi connectivity index (χ4n) is 6.58. The van der Waals surface area contributed by atoms with Crippen molar-refractivity contribution in [1.29, 1.82) is 0 Å². The Bertz CT molecular complexity index is 1710. The van der Waals surface area contributed by atoms with Crippen LogP contribution in [0.2, 0.25) is 0 Å². The van der Waals surface area contributed by atoms with Crippen molar-refractivity contribution in [2.75, 3.05) is 13.2 Å². The summed E-state index contributed by atoms with van der Waals surface area (Å²) in [6.45, 7) is 3.66. The topological polar surface area (TPSA) is 66.4 Å². The summed E-state index contributed by atoms with van der Waals surface area (Å²) in [6, 6.07) is 46.6. The third kappa shape index (κ3) is 9.77. The van der Waals surface area contributed by atoms with E-state index < -0.39 is 36.4 Å². The molecule has 6 nitrogen and oxygen atoms in total. The van der Waals surface area contributed by atoms with E-state index in [-0.39, 0.29) is 13.2 Å². The summed E-state index contributed by atoms with van der Waals surface area (Å²) in [5.74, 6) is -0.404. The van der Waals surface area contributed by atoms with Gasteiger partial charge in [0.25, 0.3) is 0 Å². The smallest absolute Gasteiger partial charge is 0.115 e. The first-order valence-corrected chi connectivity index (χ1v) is 18.0. The second-order valence-corrected chi connectivity index (χ2v) is 13.6. The normalized spacial score (nSPS) is 21.1. The van der Waals surface area contributed by atoms with Crippen LogP contribution in [0.15, 0.2) is 144 Å². The highest BCUT2D eigenvalue weighted by molar-refractivity contribution is 9.10. The SMILES string of the molecule is Cc1cc(Br)ccc1[C@@H](CO)[C@H]1O[C@H](COCc2ccccc2)[C@@H](OCc2ccccc2)[C@H](OCc2ccccc2)[C@@H]1OCc1ccccc1. The van der Waals surface area contributed by atoms with Gasteiger partial charge in [-0.2, -0.15) is 0 Å². The molecule has 0 aliphatic carbocycles. The van der Waals surface area contributed by atoms with Gasteiger partial charge in [0, 0.05) is 10.4 Å². The first kappa shape index (κ1) is 36.1. The lowest BCUT2D eigenvalue weighted by Gasteiger charge is -2.48. The molecule has 0 radical (unpaired) electrons. The molecule has 50 heavy (non-hydrogen) atoms. The maximum absolute atomic E-state index is 11.1. The molecule has 0 bridgehead atoms. The molecule has 5 aromatic carbocycles. The quantitative estimate of drug-likeness (QED) is 0.110. The first-order chi connectivity index (χ1) is 24.6. The summed E-state index contributed by atoms with van der Waals surface area (Å²) >= 11 is 3.61. The number of ether oxygens (including phenoxy) is 5. The van der Waals surface area contributed by atoms with Crippen LogP contribution < -0.4 is 0 Å². The van der Waals surface area contributed by atoms with Gasteiger partial charge in [0.05, 0.1) is 45.7 Å². The number of hydrogen-bond donors (Lipinski definition) is 1. The molecule has 1 N–H and O–H groups in total. The predicted octanol–water partition coefficient (Wildman–Crippen LogP) is 8.57. The number of benzene rings is 5. The molecule has 0 saturated carbocycles. The van der Waals surface area contributed by atoms with Crippen molar-refractivity contribution in [2.24, 2.45) is 0 Å². The average Bonchev–Trinajstić information content (AvgIpc) is 3.15. The van der Waals surface area contributed by atoms with E-state index in [1.54, 1.807) is 0 Å². The van der Waals surface area contributed by atoms with Gasteiger partial charge in [0.2, 0.25) is 0 Å². The maximum Gasteiger partial charge on any atom is 0.115 e. The molecule has 6 rings (SSSR count). The molecular formula is C43H45BrO6. The number of rotatable bonds is 16. The van der Waals surface area contributed by atoms with Crippen molar-refractivity contribution in [3.63, 3.8) is 0 Å². The van der Waals surface area contributed by atoms with E-state index in [0.29, 0.717) is 26.4 Å². The van der Waals surface area contributed by atoms with Crippen LogP contribution in [-0.2, 0) is 50.1 Å². The van der Waals surface area contributed by atoms with E-state index in [2.05, 4.69) is 59.3 Å². The molecule has 0 spiro atoms. The van der Waals surface area contributed by atoms with Gasteiger partial charge in [-0.25, -0.2) is 0 Å². The Morgan fingerprint density at radius 3 is 1.54 bits per heavy atom. The van der Waals surface area contributed by atoms with Crippen LogP contribution in [0.1, 0.15) is 39.3 Å². The summed E-state index contributed by atoms with van der Waals surface area (Å²) in [5.41, 5.74) is 6.22. The second-order valence-electron chi connectivity index (χ2n) is 12.7. The van der Waals surface area contributed by atoms with Gasteiger partial charge in [-0.1, -0.05) is 143 Å². The van der Waals surface area contributed by atoms with E-state index in [9.17, 15) is 5.11 Å². The largest absolute Gasteiger partial charge is 0.396 e. The van der Waals surface area contributed by atoms with Crippen molar-refractivity contribution < 1.29 is 28.8 Å². The molecule has 1 aliphatic heterocycles. The minimum atomic E-state index is -0.592. The summed E-state index contributed by atoms with van der Waals surface area (Å²) in [6.07, 6.45) is -2.79.